The van der Waals surface area contributed by atoms with E-state index in [1.54, 1.807) is 0 Å². The van der Waals surface area contributed by atoms with E-state index in [0.29, 0.717) is 5.71 Å². The van der Waals surface area contributed by atoms with Gasteiger partial charge in [0.05, 0.1) is 5.71 Å². The van der Waals surface area contributed by atoms with Crippen molar-refractivity contribution in [3.8, 4) is 0 Å². The lowest BCUT2D eigenvalue weighted by atomic mass is 9.94. The summed E-state index contributed by atoms with van der Waals surface area (Å²) in [4.78, 5) is 0. The second kappa shape index (κ2) is 5.63. The Morgan fingerprint density at radius 1 is 1.28 bits per heavy atom. The van der Waals surface area contributed by atoms with Gasteiger partial charge in [0.15, 0.2) is 0 Å². The molecule has 0 heterocycles. The molecule has 0 unspecified atom stereocenters. The number of aryl methyl sites for hydroxylation is 1. The average Bonchev–Trinajstić information content (AvgIpc) is 2.46. The molecule has 0 aromatic heterocycles. The molecule has 0 bridgehead atoms. The summed E-state index contributed by atoms with van der Waals surface area (Å²) in [6.45, 7) is 4.19. The molecule has 92 valence electrons. The Morgan fingerprint density at radius 2 is 2.00 bits per heavy atom. The van der Waals surface area contributed by atoms with Gasteiger partial charge in [-0.2, -0.15) is 0 Å². The Labute approximate surface area is 109 Å². The summed E-state index contributed by atoms with van der Waals surface area (Å²) in [5.41, 5.74) is 5.18. The van der Waals surface area contributed by atoms with E-state index in [2.05, 4.69) is 37.3 Å². The van der Waals surface area contributed by atoms with Crippen molar-refractivity contribution in [3.63, 3.8) is 0 Å². The molecule has 0 fully saturated rings. The summed E-state index contributed by atoms with van der Waals surface area (Å²) in [6.07, 6.45) is 10.4. The van der Waals surface area contributed by atoms with Crippen LogP contribution in [-0.4, -0.2) is 5.71 Å². The normalized spacial score (nSPS) is 16.8. The van der Waals surface area contributed by atoms with Crippen LogP contribution < -0.4 is 0 Å². The fraction of sp³-hybridized carbons (Fsp3) is 0.235. The Bertz CT molecular complexity index is 527. The van der Waals surface area contributed by atoms with Crippen LogP contribution in [0.3, 0.4) is 0 Å². The van der Waals surface area contributed by atoms with Gasteiger partial charge in [-0.1, -0.05) is 49.4 Å². The van der Waals surface area contributed by atoms with Gasteiger partial charge in [-0.25, -0.2) is 0 Å². The smallest absolute Gasteiger partial charge is 0.0684 e. The second-order valence-corrected chi connectivity index (χ2v) is 4.50. The van der Waals surface area contributed by atoms with Crippen LogP contribution in [0.5, 0.6) is 0 Å². The van der Waals surface area contributed by atoms with Crippen LogP contribution in [0.4, 0.5) is 0 Å². The lowest BCUT2D eigenvalue weighted by Gasteiger charge is -2.11. The quantitative estimate of drug-likeness (QED) is 0.751. The van der Waals surface area contributed by atoms with E-state index in [1.165, 1.54) is 11.1 Å². The highest BCUT2D eigenvalue weighted by molar-refractivity contribution is 6.12. The Morgan fingerprint density at radius 3 is 2.61 bits per heavy atom. The van der Waals surface area contributed by atoms with E-state index < -0.39 is 0 Å². The Hall–Kier alpha value is -1.89. The van der Waals surface area contributed by atoms with Gasteiger partial charge in [0.2, 0.25) is 0 Å². The molecule has 1 heteroatoms. The number of rotatable bonds is 3. The van der Waals surface area contributed by atoms with E-state index >= 15 is 0 Å². The van der Waals surface area contributed by atoms with E-state index in [9.17, 15) is 0 Å². The number of benzene rings is 1. The number of nitrogens with one attached hydrogen (secondary N) is 1. The molecule has 1 nitrogen and oxygen atoms in total. The van der Waals surface area contributed by atoms with E-state index in [1.807, 2.05) is 25.1 Å². The molecule has 0 saturated carbocycles. The summed E-state index contributed by atoms with van der Waals surface area (Å²) in [7, 11) is 0. The van der Waals surface area contributed by atoms with Crippen molar-refractivity contribution in [2.45, 2.75) is 26.7 Å². The van der Waals surface area contributed by atoms with Crippen molar-refractivity contribution in [3.05, 3.63) is 70.8 Å². The van der Waals surface area contributed by atoms with Gasteiger partial charge >= 0.3 is 0 Å². The van der Waals surface area contributed by atoms with Gasteiger partial charge in [-0.15, -0.1) is 0 Å². The van der Waals surface area contributed by atoms with Gasteiger partial charge in [-0.05, 0) is 42.6 Å². The van der Waals surface area contributed by atoms with Gasteiger partial charge in [-0.3, -0.25) is 5.41 Å². The molecule has 0 amide bonds. The summed E-state index contributed by atoms with van der Waals surface area (Å²) in [5, 5.41) is 8.27. The van der Waals surface area contributed by atoms with Gasteiger partial charge in [0.1, 0.15) is 0 Å². The average molecular weight is 237 g/mol. The fourth-order valence-corrected chi connectivity index (χ4v) is 2.06. The van der Waals surface area contributed by atoms with Crippen LogP contribution in [-0.2, 0) is 6.42 Å². The Balaban J connectivity index is 2.25. The van der Waals surface area contributed by atoms with Crippen LogP contribution in [0.25, 0.3) is 0 Å². The molecule has 0 aliphatic heterocycles. The summed E-state index contributed by atoms with van der Waals surface area (Å²) < 4.78 is 0. The molecule has 2 rings (SSSR count). The van der Waals surface area contributed by atoms with E-state index in [-0.39, 0.29) is 0 Å². The van der Waals surface area contributed by atoms with Crippen molar-refractivity contribution >= 4 is 5.71 Å². The standard InChI is InChI=1S/C17H19N/c1-3-13-8-10-15(11-9-13)17(18)16-7-5-6-14(4-2)12-16/h4-5,7-12,18H,3,6H2,1-2H3/b14-4+,18-17?. The largest absolute Gasteiger partial charge is 0.300 e. The van der Waals surface area contributed by atoms with Gasteiger partial charge < -0.3 is 0 Å². The summed E-state index contributed by atoms with van der Waals surface area (Å²) >= 11 is 0. The second-order valence-electron chi connectivity index (χ2n) is 4.50. The third-order valence-corrected chi connectivity index (χ3v) is 3.30. The molecule has 0 spiro atoms. The molecule has 1 aliphatic carbocycles. The van der Waals surface area contributed by atoms with Crippen LogP contribution in [0.15, 0.2) is 59.7 Å². The van der Waals surface area contributed by atoms with E-state index in [0.717, 1.165) is 24.0 Å². The zero-order valence-corrected chi connectivity index (χ0v) is 11.0. The first-order chi connectivity index (χ1) is 8.74. The van der Waals surface area contributed by atoms with Crippen molar-refractivity contribution in [2.24, 2.45) is 0 Å². The predicted molar refractivity (Wildman–Crippen MR) is 78.2 cm³/mol. The fourth-order valence-electron chi connectivity index (χ4n) is 2.06. The first-order valence-corrected chi connectivity index (χ1v) is 6.46. The van der Waals surface area contributed by atoms with Crippen molar-refractivity contribution in [1.29, 1.82) is 5.41 Å². The highest BCUT2D eigenvalue weighted by atomic mass is 14.4. The number of hydrogen-bond donors (Lipinski definition) is 1. The zero-order chi connectivity index (χ0) is 13.0. The zero-order valence-electron chi connectivity index (χ0n) is 11.0. The minimum Gasteiger partial charge on any atom is -0.300 e. The lowest BCUT2D eigenvalue weighted by molar-refractivity contribution is 1.14. The third kappa shape index (κ3) is 2.67. The third-order valence-electron chi connectivity index (χ3n) is 3.30. The predicted octanol–water partition coefficient (Wildman–Crippen LogP) is 4.45. The molecule has 1 aromatic rings. The molecule has 0 radical (unpaired) electrons. The molecule has 0 atom stereocenters. The molecular formula is C17H19N. The first kappa shape index (κ1) is 12.6. The molecule has 1 aromatic carbocycles. The lowest BCUT2D eigenvalue weighted by Crippen LogP contribution is -2.04. The van der Waals surface area contributed by atoms with Crippen LogP contribution in [0, 0.1) is 5.41 Å². The maximum atomic E-state index is 8.27. The molecule has 18 heavy (non-hydrogen) atoms. The minimum absolute atomic E-state index is 0.605. The number of allylic oxidation sites excluding steroid dienone is 6. The summed E-state index contributed by atoms with van der Waals surface area (Å²) in [5.74, 6) is 0. The van der Waals surface area contributed by atoms with Gasteiger partial charge in [0, 0.05) is 5.56 Å². The number of hydrogen-bond acceptors (Lipinski definition) is 1. The summed E-state index contributed by atoms with van der Waals surface area (Å²) in [6, 6.07) is 8.29. The van der Waals surface area contributed by atoms with E-state index in [4.69, 9.17) is 5.41 Å². The molecular weight excluding hydrogens is 218 g/mol. The highest BCUT2D eigenvalue weighted by Gasteiger charge is 2.08. The SMILES string of the molecule is C/C=C1/C=C(C(=N)c2ccc(CC)cc2)C=CC1. The molecule has 0 saturated heterocycles. The van der Waals surface area contributed by atoms with Crippen molar-refractivity contribution in [1.82, 2.24) is 0 Å². The maximum absolute atomic E-state index is 8.27. The minimum atomic E-state index is 0.605. The van der Waals surface area contributed by atoms with Crippen molar-refractivity contribution < 1.29 is 0 Å². The van der Waals surface area contributed by atoms with Crippen LogP contribution in [0.1, 0.15) is 31.4 Å². The monoisotopic (exact) mass is 237 g/mol. The first-order valence-electron chi connectivity index (χ1n) is 6.46. The van der Waals surface area contributed by atoms with Gasteiger partial charge in [0.25, 0.3) is 0 Å². The maximum Gasteiger partial charge on any atom is 0.0684 e. The van der Waals surface area contributed by atoms with Crippen molar-refractivity contribution in [2.75, 3.05) is 0 Å². The molecule has 1 N–H and O–H groups in total. The molecule has 1 aliphatic rings. The topological polar surface area (TPSA) is 23.9 Å². The Kier molecular flexibility index (Phi) is 3.93. The van der Waals surface area contributed by atoms with Crippen LogP contribution in [0.2, 0.25) is 0 Å². The highest BCUT2D eigenvalue weighted by Crippen LogP contribution is 2.19. The van der Waals surface area contributed by atoms with Crippen LogP contribution >= 0.6 is 0 Å².